The molecule has 2 aromatic rings. The van der Waals surface area contributed by atoms with Crippen molar-refractivity contribution in [2.45, 2.75) is 6.92 Å². The van der Waals surface area contributed by atoms with Crippen LogP contribution in [0.4, 0.5) is 0 Å². The molecule has 1 saturated heterocycles. The Bertz CT molecular complexity index is 527. The van der Waals surface area contributed by atoms with Gasteiger partial charge in [0, 0.05) is 24.5 Å². The fourth-order valence-electron chi connectivity index (χ4n) is 1.85. The lowest BCUT2D eigenvalue weighted by atomic mass is 10.2. The molecule has 0 amide bonds. The fourth-order valence-corrected chi connectivity index (χ4v) is 1.85. The van der Waals surface area contributed by atoms with Crippen molar-refractivity contribution in [3.8, 4) is 5.88 Å². The summed E-state index contributed by atoms with van der Waals surface area (Å²) in [4.78, 5) is 4.34. The van der Waals surface area contributed by atoms with Crippen LogP contribution in [0.15, 0.2) is 36.4 Å². The van der Waals surface area contributed by atoms with Gasteiger partial charge in [0.15, 0.2) is 0 Å². The maximum Gasteiger partial charge on any atom is 0.213 e. The second-order valence-electron chi connectivity index (χ2n) is 4.42. The molecule has 3 rings (SSSR count). The molecule has 0 aliphatic carbocycles. The molecule has 2 heterocycles. The van der Waals surface area contributed by atoms with Crippen LogP contribution in [0.25, 0.3) is 10.9 Å². The average molecular weight is 275 g/mol. The smallest absolute Gasteiger partial charge is 0.213 e. The lowest BCUT2D eigenvalue weighted by Crippen LogP contribution is -2.41. The van der Waals surface area contributed by atoms with Crippen molar-refractivity contribution in [1.82, 2.24) is 9.99 Å². The summed E-state index contributed by atoms with van der Waals surface area (Å²) in [7, 11) is 0. The van der Waals surface area contributed by atoms with E-state index in [2.05, 4.69) is 4.98 Å². The summed E-state index contributed by atoms with van der Waals surface area (Å²) >= 11 is 0. The Balaban J connectivity index is 0.000000178. The van der Waals surface area contributed by atoms with Crippen LogP contribution in [-0.4, -0.2) is 42.9 Å². The Labute approximate surface area is 119 Å². The predicted octanol–water partition coefficient (Wildman–Crippen LogP) is 1.83. The van der Waals surface area contributed by atoms with Gasteiger partial charge in [-0.05, 0) is 19.1 Å². The summed E-state index contributed by atoms with van der Waals surface area (Å²) in [5, 5.41) is 2.91. The largest absolute Gasteiger partial charge is 0.478 e. The SMILES string of the molecule is CCOc1ccc2ccccc2n1.NN1CCOCC1. The number of morpholine rings is 1. The zero-order chi connectivity index (χ0) is 14.2. The maximum atomic E-state index is 5.39. The maximum absolute atomic E-state index is 5.39. The number of aromatic nitrogens is 1. The van der Waals surface area contributed by atoms with Crippen molar-refractivity contribution in [3.63, 3.8) is 0 Å². The number of pyridine rings is 1. The van der Waals surface area contributed by atoms with Crippen LogP contribution < -0.4 is 10.6 Å². The Kier molecular flexibility index (Phi) is 5.73. The van der Waals surface area contributed by atoms with Crippen LogP contribution >= 0.6 is 0 Å². The number of para-hydroxylation sites is 1. The summed E-state index contributed by atoms with van der Waals surface area (Å²) in [5.74, 6) is 6.08. The molecule has 1 aliphatic rings. The van der Waals surface area contributed by atoms with Gasteiger partial charge in [0.1, 0.15) is 0 Å². The molecule has 0 bridgehead atoms. The first kappa shape index (κ1) is 14.7. The average Bonchev–Trinajstić information content (AvgIpc) is 2.49. The first-order chi connectivity index (χ1) is 9.79. The van der Waals surface area contributed by atoms with Gasteiger partial charge >= 0.3 is 0 Å². The van der Waals surface area contributed by atoms with Gasteiger partial charge in [-0.3, -0.25) is 5.84 Å². The highest BCUT2D eigenvalue weighted by molar-refractivity contribution is 5.78. The van der Waals surface area contributed by atoms with E-state index in [1.165, 1.54) is 0 Å². The van der Waals surface area contributed by atoms with E-state index < -0.39 is 0 Å². The molecule has 1 fully saturated rings. The molecule has 5 nitrogen and oxygen atoms in total. The Hall–Kier alpha value is -1.69. The molecule has 5 heteroatoms. The van der Waals surface area contributed by atoms with E-state index >= 15 is 0 Å². The number of hydrogen-bond acceptors (Lipinski definition) is 5. The summed E-state index contributed by atoms with van der Waals surface area (Å²) in [5.41, 5.74) is 0.980. The molecule has 20 heavy (non-hydrogen) atoms. The number of rotatable bonds is 2. The third-order valence-corrected chi connectivity index (χ3v) is 2.91. The van der Waals surface area contributed by atoms with Crippen LogP contribution in [0.5, 0.6) is 5.88 Å². The molecule has 1 aromatic heterocycles. The monoisotopic (exact) mass is 275 g/mol. The van der Waals surface area contributed by atoms with E-state index in [0.717, 1.165) is 37.2 Å². The van der Waals surface area contributed by atoms with Crippen molar-refractivity contribution in [2.24, 2.45) is 5.84 Å². The van der Waals surface area contributed by atoms with Crippen molar-refractivity contribution >= 4 is 10.9 Å². The van der Waals surface area contributed by atoms with Gasteiger partial charge in [0.2, 0.25) is 5.88 Å². The molecule has 0 saturated carbocycles. The van der Waals surface area contributed by atoms with Crippen LogP contribution in [0.2, 0.25) is 0 Å². The number of fused-ring (bicyclic) bond motifs is 1. The molecular formula is C15H21N3O2. The van der Waals surface area contributed by atoms with Gasteiger partial charge < -0.3 is 9.47 Å². The second-order valence-corrected chi connectivity index (χ2v) is 4.42. The van der Waals surface area contributed by atoms with Crippen molar-refractivity contribution < 1.29 is 9.47 Å². The van der Waals surface area contributed by atoms with Crippen molar-refractivity contribution in [3.05, 3.63) is 36.4 Å². The zero-order valence-electron chi connectivity index (χ0n) is 11.8. The molecular weight excluding hydrogens is 254 g/mol. The van der Waals surface area contributed by atoms with Gasteiger partial charge in [-0.15, -0.1) is 0 Å². The van der Waals surface area contributed by atoms with Gasteiger partial charge in [0.05, 0.1) is 25.3 Å². The minimum atomic E-state index is 0.658. The third-order valence-electron chi connectivity index (χ3n) is 2.91. The first-order valence-corrected chi connectivity index (χ1v) is 6.85. The highest BCUT2D eigenvalue weighted by Crippen LogP contribution is 2.15. The Morgan fingerprint density at radius 3 is 2.60 bits per heavy atom. The summed E-state index contributed by atoms with van der Waals surface area (Å²) < 4.78 is 10.3. The highest BCUT2D eigenvalue weighted by atomic mass is 16.5. The molecule has 2 N–H and O–H groups in total. The van der Waals surface area contributed by atoms with Crippen LogP contribution in [-0.2, 0) is 4.74 Å². The molecule has 0 unspecified atom stereocenters. The van der Waals surface area contributed by atoms with Gasteiger partial charge in [-0.1, -0.05) is 18.2 Å². The van der Waals surface area contributed by atoms with E-state index in [1.54, 1.807) is 5.01 Å². The van der Waals surface area contributed by atoms with E-state index in [0.29, 0.717) is 12.5 Å². The van der Waals surface area contributed by atoms with Crippen molar-refractivity contribution in [1.29, 1.82) is 0 Å². The summed E-state index contributed by atoms with van der Waals surface area (Å²) in [6, 6.07) is 11.9. The normalized spacial score (nSPS) is 15.5. The van der Waals surface area contributed by atoms with Crippen LogP contribution in [0.1, 0.15) is 6.92 Å². The lowest BCUT2D eigenvalue weighted by molar-refractivity contribution is 0.0378. The summed E-state index contributed by atoms with van der Waals surface area (Å²) in [6.07, 6.45) is 0. The predicted molar refractivity (Wildman–Crippen MR) is 79.5 cm³/mol. The first-order valence-electron chi connectivity index (χ1n) is 6.85. The van der Waals surface area contributed by atoms with Crippen LogP contribution in [0, 0.1) is 0 Å². The van der Waals surface area contributed by atoms with Gasteiger partial charge in [-0.25, -0.2) is 9.99 Å². The van der Waals surface area contributed by atoms with E-state index in [4.69, 9.17) is 15.3 Å². The highest BCUT2D eigenvalue weighted by Gasteiger charge is 2.02. The molecule has 0 radical (unpaired) electrons. The lowest BCUT2D eigenvalue weighted by Gasteiger charge is -2.20. The molecule has 0 atom stereocenters. The summed E-state index contributed by atoms with van der Waals surface area (Å²) in [6.45, 7) is 5.94. The van der Waals surface area contributed by atoms with Crippen molar-refractivity contribution in [2.75, 3.05) is 32.9 Å². The minimum Gasteiger partial charge on any atom is -0.478 e. The number of hydrazine groups is 1. The van der Waals surface area contributed by atoms with Crippen LogP contribution in [0.3, 0.4) is 0 Å². The quantitative estimate of drug-likeness (QED) is 0.847. The number of nitrogens with zero attached hydrogens (tertiary/aromatic N) is 2. The fraction of sp³-hybridized carbons (Fsp3) is 0.400. The molecule has 0 spiro atoms. The Morgan fingerprint density at radius 1 is 1.20 bits per heavy atom. The minimum absolute atomic E-state index is 0.658. The van der Waals surface area contributed by atoms with E-state index in [1.807, 2.05) is 43.3 Å². The number of ether oxygens (including phenoxy) is 2. The Morgan fingerprint density at radius 2 is 1.95 bits per heavy atom. The van der Waals surface area contributed by atoms with E-state index in [9.17, 15) is 0 Å². The van der Waals surface area contributed by atoms with Gasteiger partial charge in [0.25, 0.3) is 0 Å². The topological polar surface area (TPSA) is 60.6 Å². The van der Waals surface area contributed by atoms with E-state index in [-0.39, 0.29) is 0 Å². The molecule has 108 valence electrons. The molecule has 1 aromatic carbocycles. The standard InChI is InChI=1S/C11H11NO.C4H10N2O/c1-2-13-11-8-7-9-5-3-4-6-10(9)12-11;5-6-1-3-7-4-2-6/h3-8H,2H2,1H3;1-5H2. The second kappa shape index (κ2) is 7.79. The van der Waals surface area contributed by atoms with Gasteiger partial charge in [-0.2, -0.15) is 0 Å². The molecule has 1 aliphatic heterocycles. The number of benzene rings is 1. The zero-order valence-corrected chi connectivity index (χ0v) is 11.8. The third kappa shape index (κ3) is 4.45. The number of nitrogens with two attached hydrogens (primary N) is 1. The number of hydrogen-bond donors (Lipinski definition) is 1.